The van der Waals surface area contributed by atoms with Crippen LogP contribution in [0.2, 0.25) is 0 Å². The molecule has 0 spiro atoms. The zero-order chi connectivity index (χ0) is 35.1. The van der Waals surface area contributed by atoms with Crippen molar-refractivity contribution in [2.24, 2.45) is 0 Å². The van der Waals surface area contributed by atoms with Crippen LogP contribution in [0.15, 0.2) is 0 Å². The molecule has 0 amide bonds. The zero-order valence-corrected chi connectivity index (χ0v) is 35.1. The van der Waals surface area contributed by atoms with Crippen molar-refractivity contribution in [3.8, 4) is 0 Å². The monoisotopic (exact) mass is 531 g/mol. The highest BCUT2D eigenvalue weighted by Crippen LogP contribution is 2.20. The summed E-state index contributed by atoms with van der Waals surface area (Å²) in [7, 11) is 59.3. The highest BCUT2D eigenvalue weighted by atomic mass is 13.4. The van der Waals surface area contributed by atoms with Gasteiger partial charge in [-0.2, -0.15) is 0 Å². The normalized spacial score (nSPS) is 9.64. The predicted octanol–water partition coefficient (Wildman–Crippen LogP) is -29.1. The van der Waals surface area contributed by atoms with Crippen LogP contribution < -0.4 is 0 Å². The Morgan fingerprint density at radius 2 is 0.273 bits per heavy atom. The van der Waals surface area contributed by atoms with Gasteiger partial charge in [-0.05, 0) is 0 Å². The van der Waals surface area contributed by atoms with Crippen molar-refractivity contribution < 1.29 is 0 Å². The molecule has 0 aliphatic rings. The largest absolute Gasteiger partial charge is 0.0552 e. The van der Waals surface area contributed by atoms with Crippen molar-refractivity contribution in [1.29, 1.82) is 0 Å². The molecule has 0 nitrogen and oxygen atoms in total. The van der Waals surface area contributed by atoms with Gasteiger partial charge >= 0.3 is 0 Å². The summed E-state index contributed by atoms with van der Waals surface area (Å²) in [4.78, 5) is 0. The Labute approximate surface area is 309 Å². The van der Waals surface area contributed by atoms with Crippen LogP contribution in [0, 0.1) is 0 Å². The molecule has 0 saturated heterocycles. The standard InChI is InChI=1S/B44H46/c1-24(2)35(23)41(36(25(3)4)26(5)6)44(42(37(27(7)8)28(9)10)38(29(11)12)30(13)14)43(39(31(15)16)32(17)18)40(33(19)20)34(21)22/h1-23H2. The second kappa shape index (κ2) is 21.3. The third kappa shape index (κ3) is 12.6. The molecule has 0 unspecified atom stereocenters. The second-order valence-corrected chi connectivity index (χ2v) is 19.7. The first kappa shape index (κ1) is 46.9. The first-order chi connectivity index (χ1) is 19.9. The van der Waals surface area contributed by atoms with Crippen LogP contribution in [-0.4, -0.2) is 312 Å². The van der Waals surface area contributed by atoms with Gasteiger partial charge in [0.15, 0.2) is 0 Å². The predicted molar refractivity (Wildman–Crippen MR) is 317 cm³/mol. The van der Waals surface area contributed by atoms with E-state index in [2.05, 4.69) is 178 Å². The molecule has 0 radical (unpaired) electrons. The van der Waals surface area contributed by atoms with Crippen molar-refractivity contribution in [2.45, 2.75) is 0 Å². The van der Waals surface area contributed by atoms with Crippen LogP contribution in [0.5, 0.6) is 0 Å². The van der Waals surface area contributed by atoms with E-state index in [1.165, 1.54) is 0 Å². The first-order valence-corrected chi connectivity index (χ1v) is 19.9. The van der Waals surface area contributed by atoms with Gasteiger partial charge in [0.05, 0.1) is 178 Å². The molecule has 0 aliphatic carbocycles. The van der Waals surface area contributed by atoms with Gasteiger partial charge in [0, 0.05) is 134 Å². The Balaban J connectivity index is 8.85. The van der Waals surface area contributed by atoms with Gasteiger partial charge in [-0.3, -0.25) is 0 Å². The lowest BCUT2D eigenvalue weighted by Crippen LogP contribution is -2.93. The summed E-state index contributed by atoms with van der Waals surface area (Å²) >= 11 is 0. The molecule has 0 bridgehead atoms. The van der Waals surface area contributed by atoms with E-state index in [1.807, 2.05) is 0 Å². The number of hydrogen-bond acceptors (Lipinski definition) is 0. The quantitative estimate of drug-likeness (QED) is 0.140. The smallest absolute Gasteiger partial charge is 0.0000375 e. The fraction of sp³-hybridized carbons (Fsp3) is 0. The lowest BCUT2D eigenvalue weighted by molar-refractivity contribution is 3.20. The topological polar surface area (TPSA) is 0 Å². The van der Waals surface area contributed by atoms with Gasteiger partial charge in [0.25, 0.3) is 0 Å². The minimum atomic E-state index is 0.683. The van der Waals surface area contributed by atoms with E-state index in [-0.39, 0.29) is 0 Å². The van der Waals surface area contributed by atoms with Crippen LogP contribution in [0.3, 0.4) is 0 Å². The van der Waals surface area contributed by atoms with Gasteiger partial charge in [0.1, 0.15) is 0 Å². The van der Waals surface area contributed by atoms with Crippen molar-refractivity contribution in [3.05, 3.63) is 0 Å². The molecule has 0 aliphatic heterocycles. The van der Waals surface area contributed by atoms with E-state index >= 15 is 0 Å². The Morgan fingerprint density at radius 3 is 0.409 bits per heavy atom. The Bertz CT molecular complexity index is 607. The Hall–Kier alpha value is 2.86. The summed E-state index contributed by atoms with van der Waals surface area (Å²) in [6, 6.07) is 0. The molecular weight excluding hydrogens is 476 g/mol. The summed E-state index contributed by atoms with van der Waals surface area (Å²) in [5.74, 6) is 0. The molecule has 44 heteroatoms. The highest BCUT2D eigenvalue weighted by molar-refractivity contribution is 8.33. The van der Waals surface area contributed by atoms with Crippen molar-refractivity contribution in [1.82, 2.24) is 0 Å². The molecule has 178 valence electrons. The summed E-state index contributed by atoms with van der Waals surface area (Å²) < 4.78 is 0. The maximum atomic E-state index is 2.69. The molecule has 0 aromatic carbocycles. The molecule has 0 aromatic heterocycles. The van der Waals surface area contributed by atoms with E-state index in [9.17, 15) is 0 Å². The maximum absolute atomic E-state index is 2.69. The van der Waals surface area contributed by atoms with Crippen LogP contribution in [0.4, 0.5) is 0 Å². The summed E-state index contributed by atoms with van der Waals surface area (Å²) in [6.45, 7) is 0. The molecule has 0 saturated carbocycles. The van der Waals surface area contributed by atoms with E-state index in [0.29, 0.717) is 102 Å². The lowest BCUT2D eigenvalue weighted by Gasteiger charge is -2.54. The van der Waals surface area contributed by atoms with E-state index in [1.54, 1.807) is 0 Å². The third-order valence-electron chi connectivity index (χ3n) is 12.9. The Kier molecular flexibility index (Phi) is 22.7. The first-order valence-electron chi connectivity index (χ1n) is 19.9. The lowest BCUT2D eigenvalue weighted by atomic mass is 8.26. The molecule has 0 rings (SSSR count). The molecular formula is H46B44. The SMILES string of the molecule is BB(B)B(B)B(B(B(B)B)B(B)B)B(B(B(B(B)B)B(B)B)B(B(B)B)B(B)B)B(B(B(B)B)B(B)B)B(B(B)B)B(B)B. The summed E-state index contributed by atoms with van der Waals surface area (Å²) in [5, 5.41) is 0. The minimum absolute atomic E-state index is 0.683. The van der Waals surface area contributed by atoms with Gasteiger partial charge in [-0.15, -0.1) is 0 Å². The van der Waals surface area contributed by atoms with E-state index in [4.69, 9.17) is 0 Å². The number of hydrogen-bond donors (Lipinski definition) is 0. The zero-order valence-electron chi connectivity index (χ0n) is 35.1. The van der Waals surface area contributed by atoms with Crippen molar-refractivity contribution in [2.75, 3.05) is 0 Å². The van der Waals surface area contributed by atoms with Gasteiger partial charge in [0.2, 0.25) is 0 Å². The van der Waals surface area contributed by atoms with Crippen LogP contribution in [-0.2, 0) is 0 Å². The fourth-order valence-electron chi connectivity index (χ4n) is 12.0. The van der Waals surface area contributed by atoms with Gasteiger partial charge in [-0.25, -0.2) is 0 Å². The molecule has 44 heavy (non-hydrogen) atoms. The molecule has 0 N–H and O–H groups in total. The Morgan fingerprint density at radius 1 is 0.136 bits per heavy atom. The maximum Gasteiger partial charge on any atom is 0.0552 e. The second-order valence-electron chi connectivity index (χ2n) is 19.7. The van der Waals surface area contributed by atoms with Crippen molar-refractivity contribution >= 4 is 312 Å². The van der Waals surface area contributed by atoms with Crippen LogP contribution in [0.1, 0.15) is 0 Å². The summed E-state index contributed by atoms with van der Waals surface area (Å²) in [5.41, 5.74) is 0. The van der Waals surface area contributed by atoms with Crippen LogP contribution >= 0.6 is 0 Å². The van der Waals surface area contributed by atoms with E-state index in [0.717, 1.165) is 31.9 Å². The fourth-order valence-corrected chi connectivity index (χ4v) is 12.0. The molecule has 0 heterocycles. The highest BCUT2D eigenvalue weighted by Gasteiger charge is 2.59. The summed E-state index contributed by atoms with van der Waals surface area (Å²) in [6.07, 6.45) is 14.7. The van der Waals surface area contributed by atoms with Gasteiger partial charge < -0.3 is 0 Å². The molecule has 0 atom stereocenters. The average molecular weight is 522 g/mol. The molecule has 0 fully saturated rings. The minimum Gasteiger partial charge on any atom is 0.0000375 e. The van der Waals surface area contributed by atoms with Crippen molar-refractivity contribution in [3.63, 3.8) is 0 Å². The third-order valence-corrected chi connectivity index (χ3v) is 12.9. The van der Waals surface area contributed by atoms with Crippen LogP contribution in [0.25, 0.3) is 0 Å². The number of rotatable bonds is 20. The van der Waals surface area contributed by atoms with E-state index < -0.39 is 0 Å². The van der Waals surface area contributed by atoms with Gasteiger partial charge in [-0.1, -0.05) is 0 Å². The average Bonchev–Trinajstić information content (AvgIpc) is 2.80. The molecule has 0 aromatic rings.